The predicted molar refractivity (Wildman–Crippen MR) is 102 cm³/mol. The smallest absolute Gasteiger partial charge is 0.319 e. The Kier molecular flexibility index (Phi) is 5.83. The Morgan fingerprint density at radius 1 is 1.19 bits per heavy atom. The molecule has 2 heterocycles. The molecule has 3 N–H and O–H groups in total. The molecule has 9 nitrogen and oxygen atoms in total. The zero-order valence-electron chi connectivity index (χ0n) is 15.1. The molecule has 0 aliphatic heterocycles. The van der Waals surface area contributed by atoms with Crippen molar-refractivity contribution in [3.8, 4) is 11.6 Å². The van der Waals surface area contributed by atoms with Crippen molar-refractivity contribution in [3.63, 3.8) is 0 Å². The van der Waals surface area contributed by atoms with E-state index >= 15 is 0 Å². The van der Waals surface area contributed by atoms with E-state index in [1.165, 1.54) is 6.33 Å². The highest BCUT2D eigenvalue weighted by atomic mass is 16.5. The van der Waals surface area contributed by atoms with E-state index in [9.17, 15) is 4.79 Å². The standard InChI is InChI=1S/C18H21N7O2/c1-13-19-9-10-25(13)17-11-16(22-12-23-17)20-7-8-21-18(26)24-14-5-3-4-6-15(14)27-2/h3-6,9-12H,7-8H2,1-2H3,(H,20,22,23)(H2,21,24,26). The number of carbonyl (C=O) groups is 1. The second-order valence-corrected chi connectivity index (χ2v) is 5.61. The fourth-order valence-electron chi connectivity index (χ4n) is 2.48. The summed E-state index contributed by atoms with van der Waals surface area (Å²) >= 11 is 0. The molecule has 0 fully saturated rings. The molecular formula is C18H21N7O2. The van der Waals surface area contributed by atoms with Gasteiger partial charge in [-0.25, -0.2) is 19.7 Å². The lowest BCUT2D eigenvalue weighted by atomic mass is 10.3. The van der Waals surface area contributed by atoms with Crippen LogP contribution in [0.2, 0.25) is 0 Å². The monoisotopic (exact) mass is 367 g/mol. The van der Waals surface area contributed by atoms with E-state index in [0.717, 1.165) is 11.6 Å². The Balaban J connectivity index is 1.48. The van der Waals surface area contributed by atoms with Gasteiger partial charge in [-0.05, 0) is 19.1 Å². The number of aromatic nitrogens is 4. The summed E-state index contributed by atoms with van der Waals surface area (Å²) in [5, 5.41) is 8.69. The molecule has 0 saturated heterocycles. The van der Waals surface area contributed by atoms with Crippen LogP contribution in [0.4, 0.5) is 16.3 Å². The lowest BCUT2D eigenvalue weighted by molar-refractivity contribution is 0.252. The Morgan fingerprint density at radius 3 is 2.81 bits per heavy atom. The van der Waals surface area contributed by atoms with Gasteiger partial charge in [-0.2, -0.15) is 0 Å². The number of ether oxygens (including phenoxy) is 1. The first-order valence-electron chi connectivity index (χ1n) is 8.41. The van der Waals surface area contributed by atoms with Gasteiger partial charge < -0.3 is 20.7 Å². The second-order valence-electron chi connectivity index (χ2n) is 5.61. The molecule has 3 rings (SSSR count). The third-order valence-electron chi connectivity index (χ3n) is 3.80. The van der Waals surface area contributed by atoms with Crippen LogP contribution in [0.25, 0.3) is 5.82 Å². The molecule has 0 atom stereocenters. The van der Waals surface area contributed by atoms with Crippen molar-refractivity contribution in [2.24, 2.45) is 0 Å². The molecule has 0 radical (unpaired) electrons. The van der Waals surface area contributed by atoms with Gasteiger partial charge in [0.25, 0.3) is 0 Å². The van der Waals surface area contributed by atoms with Gasteiger partial charge in [-0.15, -0.1) is 0 Å². The average molecular weight is 367 g/mol. The summed E-state index contributed by atoms with van der Waals surface area (Å²) in [6, 6.07) is 8.74. The molecule has 1 aromatic carbocycles. The molecule has 0 spiro atoms. The van der Waals surface area contributed by atoms with Gasteiger partial charge >= 0.3 is 6.03 Å². The number of nitrogens with zero attached hydrogens (tertiary/aromatic N) is 4. The van der Waals surface area contributed by atoms with Crippen LogP contribution in [-0.2, 0) is 0 Å². The zero-order valence-corrected chi connectivity index (χ0v) is 15.1. The van der Waals surface area contributed by atoms with Gasteiger partial charge in [0, 0.05) is 31.5 Å². The highest BCUT2D eigenvalue weighted by Gasteiger charge is 2.06. The number of rotatable bonds is 7. The number of urea groups is 1. The van der Waals surface area contributed by atoms with Crippen LogP contribution in [0.15, 0.2) is 49.1 Å². The molecule has 2 aromatic heterocycles. The topological polar surface area (TPSA) is 106 Å². The van der Waals surface area contributed by atoms with Crippen LogP contribution in [0, 0.1) is 6.92 Å². The molecular weight excluding hydrogens is 346 g/mol. The van der Waals surface area contributed by atoms with Crippen molar-refractivity contribution >= 4 is 17.5 Å². The molecule has 27 heavy (non-hydrogen) atoms. The maximum atomic E-state index is 12.0. The van der Waals surface area contributed by atoms with Crippen LogP contribution in [0.1, 0.15) is 5.82 Å². The number of para-hydroxylation sites is 2. The van der Waals surface area contributed by atoms with Crippen LogP contribution in [-0.4, -0.2) is 45.7 Å². The second kappa shape index (κ2) is 8.65. The number of benzene rings is 1. The summed E-state index contributed by atoms with van der Waals surface area (Å²) in [5.74, 6) is 2.84. The summed E-state index contributed by atoms with van der Waals surface area (Å²) in [4.78, 5) is 24.6. The van der Waals surface area contributed by atoms with Gasteiger partial charge in [0.1, 0.15) is 29.5 Å². The number of hydrogen-bond acceptors (Lipinski definition) is 6. The number of anilines is 2. The highest BCUT2D eigenvalue weighted by molar-refractivity contribution is 5.90. The number of imidazole rings is 1. The highest BCUT2D eigenvalue weighted by Crippen LogP contribution is 2.22. The summed E-state index contributed by atoms with van der Waals surface area (Å²) in [6.07, 6.45) is 5.04. The molecule has 0 bridgehead atoms. The Bertz CT molecular complexity index is 910. The number of amides is 2. The zero-order chi connectivity index (χ0) is 19.1. The Morgan fingerprint density at radius 2 is 2.04 bits per heavy atom. The first-order chi connectivity index (χ1) is 13.2. The van der Waals surface area contributed by atoms with Crippen molar-refractivity contribution in [2.75, 3.05) is 30.8 Å². The van der Waals surface area contributed by atoms with E-state index in [1.807, 2.05) is 35.9 Å². The molecule has 3 aromatic rings. The van der Waals surface area contributed by atoms with Crippen LogP contribution in [0.5, 0.6) is 5.75 Å². The minimum Gasteiger partial charge on any atom is -0.495 e. The van der Waals surface area contributed by atoms with Crippen LogP contribution >= 0.6 is 0 Å². The maximum absolute atomic E-state index is 12.0. The van der Waals surface area contributed by atoms with Crippen molar-refractivity contribution in [3.05, 3.63) is 54.9 Å². The number of hydrogen-bond donors (Lipinski definition) is 3. The first-order valence-corrected chi connectivity index (χ1v) is 8.41. The van der Waals surface area contributed by atoms with Crippen molar-refractivity contribution in [1.82, 2.24) is 24.8 Å². The average Bonchev–Trinajstić information content (AvgIpc) is 3.12. The van der Waals surface area contributed by atoms with Crippen LogP contribution < -0.4 is 20.7 Å². The van der Waals surface area contributed by atoms with E-state index in [-0.39, 0.29) is 6.03 Å². The van der Waals surface area contributed by atoms with Crippen molar-refractivity contribution < 1.29 is 9.53 Å². The maximum Gasteiger partial charge on any atom is 0.319 e. The first kappa shape index (κ1) is 18.2. The number of aryl methyl sites for hydroxylation is 1. The predicted octanol–water partition coefficient (Wildman–Crippen LogP) is 2.21. The quantitative estimate of drug-likeness (QED) is 0.553. The van der Waals surface area contributed by atoms with E-state index < -0.39 is 0 Å². The van der Waals surface area contributed by atoms with Crippen molar-refractivity contribution in [1.29, 1.82) is 0 Å². The van der Waals surface area contributed by atoms with E-state index in [1.54, 1.807) is 25.4 Å². The normalized spacial score (nSPS) is 10.3. The van der Waals surface area contributed by atoms with Crippen LogP contribution in [0.3, 0.4) is 0 Å². The number of methoxy groups -OCH3 is 1. The third kappa shape index (κ3) is 4.72. The summed E-state index contributed by atoms with van der Waals surface area (Å²) in [7, 11) is 1.56. The van der Waals surface area contributed by atoms with E-state index in [4.69, 9.17) is 4.74 Å². The summed E-state index contributed by atoms with van der Waals surface area (Å²) < 4.78 is 7.07. The van der Waals surface area contributed by atoms with E-state index in [0.29, 0.717) is 30.3 Å². The largest absolute Gasteiger partial charge is 0.495 e. The lowest BCUT2D eigenvalue weighted by Gasteiger charge is -2.11. The molecule has 2 amide bonds. The van der Waals surface area contributed by atoms with Gasteiger partial charge in [-0.1, -0.05) is 12.1 Å². The lowest BCUT2D eigenvalue weighted by Crippen LogP contribution is -2.32. The number of carbonyl (C=O) groups excluding carboxylic acids is 1. The SMILES string of the molecule is COc1ccccc1NC(=O)NCCNc1cc(-n2ccnc2C)ncn1. The Labute approximate surface area is 156 Å². The Hall–Kier alpha value is -3.62. The molecule has 0 unspecified atom stereocenters. The van der Waals surface area contributed by atoms with Gasteiger partial charge in [0.15, 0.2) is 0 Å². The molecule has 0 aliphatic carbocycles. The van der Waals surface area contributed by atoms with E-state index in [2.05, 4.69) is 30.9 Å². The van der Waals surface area contributed by atoms with Gasteiger partial charge in [0.05, 0.1) is 12.8 Å². The van der Waals surface area contributed by atoms with Crippen molar-refractivity contribution in [2.45, 2.75) is 6.92 Å². The molecule has 9 heteroatoms. The van der Waals surface area contributed by atoms with Gasteiger partial charge in [0.2, 0.25) is 0 Å². The minimum absolute atomic E-state index is 0.307. The molecule has 0 aliphatic rings. The molecule has 0 saturated carbocycles. The molecule has 140 valence electrons. The van der Waals surface area contributed by atoms with Gasteiger partial charge in [-0.3, -0.25) is 4.57 Å². The number of nitrogens with one attached hydrogen (secondary N) is 3. The summed E-state index contributed by atoms with van der Waals surface area (Å²) in [5.41, 5.74) is 0.613. The minimum atomic E-state index is -0.307. The third-order valence-corrected chi connectivity index (χ3v) is 3.80. The fraction of sp³-hybridized carbons (Fsp3) is 0.222. The summed E-state index contributed by atoms with van der Waals surface area (Å²) in [6.45, 7) is 2.84. The fourth-order valence-corrected chi connectivity index (χ4v) is 2.48.